The molecule has 3 rings (SSSR count). The van der Waals surface area contributed by atoms with Gasteiger partial charge in [0.15, 0.2) is 18.3 Å². The number of phosphoric acid groups is 2. The quantitative estimate of drug-likeness (QED) is 0.0541. The molecule has 11 atom stereocenters. The van der Waals surface area contributed by atoms with Crippen molar-refractivity contribution in [2.75, 3.05) is 47.2 Å². The van der Waals surface area contributed by atoms with E-state index in [-0.39, 0.29) is 45.0 Å². The van der Waals surface area contributed by atoms with Gasteiger partial charge in [-0.3, -0.25) is 42.0 Å². The van der Waals surface area contributed by atoms with Crippen LogP contribution >= 0.6 is 15.6 Å². The Labute approximate surface area is 284 Å². The molecular weight excluding hydrogens is 720 g/mol. The van der Waals surface area contributed by atoms with Gasteiger partial charge in [-0.1, -0.05) is 6.92 Å². The Morgan fingerprint density at radius 2 is 1.66 bits per heavy atom. The number of rotatable bonds is 20. The average molecular weight is 764 g/mol. The first-order valence-electron chi connectivity index (χ1n) is 15.2. The third-order valence-electron chi connectivity index (χ3n) is 7.59. The summed E-state index contributed by atoms with van der Waals surface area (Å²) in [5.41, 5.74) is -1.67. The fourth-order valence-electron chi connectivity index (χ4n) is 4.68. The average Bonchev–Trinajstić information content (AvgIpc) is 3.36. The van der Waals surface area contributed by atoms with Gasteiger partial charge in [-0.15, -0.1) is 0 Å². The molecule has 2 aliphatic rings. The molecular formula is C26H43N3O19P2. The van der Waals surface area contributed by atoms with Gasteiger partial charge in [0.05, 0.1) is 12.7 Å². The molecule has 1 amide bonds. The molecule has 1 aromatic heterocycles. The van der Waals surface area contributed by atoms with E-state index in [1.807, 2.05) is 4.98 Å². The second-order valence-corrected chi connectivity index (χ2v) is 14.8. The highest BCUT2D eigenvalue weighted by atomic mass is 31.3. The summed E-state index contributed by atoms with van der Waals surface area (Å²) < 4.78 is 68.9. The van der Waals surface area contributed by atoms with Gasteiger partial charge in [0.1, 0.15) is 37.1 Å². The van der Waals surface area contributed by atoms with Crippen molar-refractivity contribution in [1.29, 1.82) is 0 Å². The summed E-state index contributed by atoms with van der Waals surface area (Å²) in [4.78, 5) is 49.6. The van der Waals surface area contributed by atoms with Crippen molar-refractivity contribution in [3.8, 4) is 0 Å². The molecule has 2 saturated heterocycles. The number of ketones is 1. The zero-order valence-electron chi connectivity index (χ0n) is 27.3. The maximum atomic E-state index is 13.5. The Balaban J connectivity index is 1.59. The number of phosphoric ester groups is 2. The SMILES string of the molecule is COP(=O)(OCC1OC(n2ccc(=O)[nH]c2=O)C(O)C1O)OP(=O)(OC)O[C@H]1OC(CNC(=O)CCC(=O)COCCCO)[C@@H](O)[C@H](O)C1C. The van der Waals surface area contributed by atoms with E-state index in [0.717, 1.165) is 31.0 Å². The largest absolute Gasteiger partial charge is 0.485 e. The van der Waals surface area contributed by atoms with Crippen molar-refractivity contribution in [2.24, 2.45) is 5.92 Å². The van der Waals surface area contributed by atoms with Gasteiger partial charge in [-0.05, 0) is 6.42 Å². The van der Waals surface area contributed by atoms with Crippen LogP contribution in [0.15, 0.2) is 21.9 Å². The molecule has 2 fully saturated rings. The van der Waals surface area contributed by atoms with E-state index in [4.69, 9.17) is 41.7 Å². The molecule has 0 saturated carbocycles. The fraction of sp³-hybridized carbons (Fsp3) is 0.769. The van der Waals surface area contributed by atoms with Crippen molar-refractivity contribution < 1.29 is 80.9 Å². The molecule has 8 unspecified atom stereocenters. The zero-order chi connectivity index (χ0) is 37.2. The molecule has 0 spiro atoms. The van der Waals surface area contributed by atoms with E-state index >= 15 is 0 Å². The molecule has 7 N–H and O–H groups in total. The first-order valence-corrected chi connectivity index (χ1v) is 18.2. The highest BCUT2D eigenvalue weighted by molar-refractivity contribution is 7.62. The number of carbonyl (C=O) groups is 2. The topological polar surface area (TPSA) is 310 Å². The predicted molar refractivity (Wildman–Crippen MR) is 164 cm³/mol. The summed E-state index contributed by atoms with van der Waals surface area (Å²) in [6, 6.07) is 0.976. The molecule has 2 aliphatic heterocycles. The van der Waals surface area contributed by atoms with Crippen LogP contribution in [0.25, 0.3) is 0 Å². The number of Topliss-reactive ketones (excluding diaryl/α,β-unsaturated/α-hetero) is 1. The monoisotopic (exact) mass is 763 g/mol. The van der Waals surface area contributed by atoms with E-state index in [1.165, 1.54) is 6.92 Å². The maximum absolute atomic E-state index is 13.5. The summed E-state index contributed by atoms with van der Waals surface area (Å²) in [6.45, 7) is -0.00137. The normalized spacial score (nSPS) is 30.8. The molecule has 24 heteroatoms. The lowest BCUT2D eigenvalue weighted by atomic mass is 9.92. The van der Waals surface area contributed by atoms with Crippen LogP contribution in [-0.4, -0.2) is 137 Å². The number of hydrogen-bond donors (Lipinski definition) is 7. The van der Waals surface area contributed by atoms with Crippen LogP contribution in [0, 0.1) is 5.92 Å². The summed E-state index contributed by atoms with van der Waals surface area (Å²) in [6.07, 6.45) is -11.5. The lowest BCUT2D eigenvalue weighted by Crippen LogP contribution is -2.57. The van der Waals surface area contributed by atoms with Gasteiger partial charge >= 0.3 is 21.3 Å². The predicted octanol–water partition coefficient (Wildman–Crippen LogP) is -2.34. The number of nitrogens with zero attached hydrogens (tertiary/aromatic N) is 1. The Bertz CT molecular complexity index is 1490. The molecule has 0 aliphatic carbocycles. The Morgan fingerprint density at radius 1 is 0.980 bits per heavy atom. The minimum atomic E-state index is -4.96. The first kappa shape index (κ1) is 42.2. The number of aromatic amines is 1. The van der Waals surface area contributed by atoms with Gasteiger partial charge in [-0.2, -0.15) is 4.31 Å². The second-order valence-electron chi connectivity index (χ2n) is 11.2. The highest BCUT2D eigenvalue weighted by Crippen LogP contribution is 2.66. The number of H-pyrrole nitrogens is 1. The molecule has 0 radical (unpaired) electrons. The third-order valence-corrected chi connectivity index (χ3v) is 11.0. The van der Waals surface area contributed by atoms with Crippen LogP contribution < -0.4 is 16.6 Å². The minimum absolute atomic E-state index is 0.0907. The number of aliphatic hydroxyl groups excluding tert-OH is 5. The van der Waals surface area contributed by atoms with Crippen molar-refractivity contribution in [1.82, 2.24) is 14.9 Å². The number of nitrogens with one attached hydrogen (secondary N) is 2. The lowest BCUT2D eigenvalue weighted by molar-refractivity contribution is -0.252. The van der Waals surface area contributed by atoms with Gasteiger partial charge in [0.25, 0.3) is 5.56 Å². The van der Waals surface area contributed by atoms with Gasteiger partial charge in [0, 0.05) is 65.0 Å². The van der Waals surface area contributed by atoms with Crippen LogP contribution in [0.5, 0.6) is 0 Å². The van der Waals surface area contributed by atoms with Crippen molar-refractivity contribution in [2.45, 2.75) is 75.3 Å². The van der Waals surface area contributed by atoms with E-state index in [0.29, 0.717) is 6.42 Å². The molecule has 0 bridgehead atoms. The first-order chi connectivity index (χ1) is 23.6. The second kappa shape index (κ2) is 19.0. The highest BCUT2D eigenvalue weighted by Gasteiger charge is 2.50. The van der Waals surface area contributed by atoms with E-state index in [1.54, 1.807) is 0 Å². The molecule has 22 nitrogen and oxygen atoms in total. The summed E-state index contributed by atoms with van der Waals surface area (Å²) >= 11 is 0. The number of aliphatic hydroxyl groups is 5. The van der Waals surface area contributed by atoms with Crippen LogP contribution in [-0.2, 0) is 55.3 Å². The molecule has 50 heavy (non-hydrogen) atoms. The Kier molecular flexibility index (Phi) is 16.0. The van der Waals surface area contributed by atoms with E-state index < -0.39 is 94.5 Å². The maximum Gasteiger partial charge on any atom is 0.485 e. The van der Waals surface area contributed by atoms with Crippen molar-refractivity contribution in [3.05, 3.63) is 33.1 Å². The van der Waals surface area contributed by atoms with E-state index in [2.05, 4.69) is 5.32 Å². The number of ether oxygens (including phenoxy) is 3. The van der Waals surface area contributed by atoms with E-state index in [9.17, 15) is 48.7 Å². The third kappa shape index (κ3) is 11.4. The number of amides is 1. The van der Waals surface area contributed by atoms with Gasteiger partial charge in [-0.25, -0.2) is 13.9 Å². The number of hydrogen-bond acceptors (Lipinski definition) is 19. The molecule has 286 valence electrons. The van der Waals surface area contributed by atoms with Gasteiger partial charge in [0.2, 0.25) is 5.91 Å². The van der Waals surface area contributed by atoms with Crippen LogP contribution in [0.2, 0.25) is 0 Å². The summed E-state index contributed by atoms with van der Waals surface area (Å²) in [5.74, 6) is -2.05. The minimum Gasteiger partial charge on any atom is -0.396 e. The zero-order valence-corrected chi connectivity index (χ0v) is 29.1. The van der Waals surface area contributed by atoms with Crippen molar-refractivity contribution in [3.63, 3.8) is 0 Å². The smallest absolute Gasteiger partial charge is 0.396 e. The molecule has 3 heterocycles. The van der Waals surface area contributed by atoms with Gasteiger partial charge < -0.3 is 45.1 Å². The van der Waals surface area contributed by atoms with Crippen molar-refractivity contribution >= 4 is 27.3 Å². The Hall–Kier alpha value is -2.24. The number of aromatic nitrogens is 2. The van der Waals surface area contributed by atoms with Crippen LogP contribution in [0.4, 0.5) is 0 Å². The lowest BCUT2D eigenvalue weighted by Gasteiger charge is -2.41. The fourth-order valence-corrected chi connectivity index (χ4v) is 7.56. The molecule has 1 aromatic rings. The standard InChI is InChI=1S/C26H43N3O19P2/c1-14-20(34)21(35)16(11-27-18(32)6-5-15(31)12-43-10-4-9-30)46-25(14)47-50(40,42-3)48-49(39,41-2)44-13-17-22(36)23(37)24(45-17)29-8-7-19(33)28-26(29)38/h7-8,14,16-17,20-25,30,34-37H,4-6,9-13H2,1-3H3,(H,27,32)(H,28,33,38)/t14?,16?,17?,20-,21-,22?,23?,24?,25-,49?,50?/m1/s1. The number of carbonyl (C=O) groups excluding carboxylic acids is 2. The van der Waals surface area contributed by atoms with Crippen LogP contribution in [0.3, 0.4) is 0 Å². The molecule has 0 aromatic carbocycles. The summed E-state index contributed by atoms with van der Waals surface area (Å²) in [5, 5.41) is 53.2. The van der Waals surface area contributed by atoms with Crippen LogP contribution in [0.1, 0.15) is 32.4 Å². The Morgan fingerprint density at radius 3 is 2.30 bits per heavy atom. The summed E-state index contributed by atoms with van der Waals surface area (Å²) in [7, 11) is -8.17.